The van der Waals surface area contributed by atoms with E-state index < -0.39 is 0 Å². The molecule has 2 rings (SSSR count). The van der Waals surface area contributed by atoms with Gasteiger partial charge in [0.15, 0.2) is 0 Å². The maximum absolute atomic E-state index is 12.1. The van der Waals surface area contributed by atoms with E-state index in [9.17, 15) is 4.79 Å². The summed E-state index contributed by atoms with van der Waals surface area (Å²) in [6.07, 6.45) is 3.51. The van der Waals surface area contributed by atoms with Gasteiger partial charge in [0.25, 0.3) is 5.56 Å². The highest BCUT2D eigenvalue weighted by atomic mass is 16.1. The number of aromatic amines is 1. The van der Waals surface area contributed by atoms with Gasteiger partial charge in [-0.1, -0.05) is 0 Å². The highest BCUT2D eigenvalue weighted by Gasteiger charge is 2.16. The molecule has 2 heterocycles. The molecule has 0 saturated heterocycles. The van der Waals surface area contributed by atoms with Crippen molar-refractivity contribution in [2.45, 2.75) is 26.8 Å². The Morgan fingerprint density at radius 3 is 2.67 bits per heavy atom. The minimum absolute atomic E-state index is 0.102. The monoisotopic (exact) mass is 287 g/mol. The first-order valence-electron chi connectivity index (χ1n) is 6.85. The minimum Gasteiger partial charge on any atom is -0.376 e. The molecule has 2 N–H and O–H groups in total. The van der Waals surface area contributed by atoms with E-state index in [0.29, 0.717) is 11.4 Å². The molecular formula is C15H21N5O. The molecule has 0 aromatic carbocycles. The molecule has 2 aromatic rings. The number of aromatic nitrogens is 3. The van der Waals surface area contributed by atoms with Crippen LogP contribution < -0.4 is 15.8 Å². The zero-order valence-electron chi connectivity index (χ0n) is 13.1. The van der Waals surface area contributed by atoms with E-state index in [2.05, 4.69) is 20.3 Å². The lowest BCUT2D eigenvalue weighted by molar-refractivity contribution is 0.812. The van der Waals surface area contributed by atoms with Gasteiger partial charge in [-0.15, -0.1) is 0 Å². The van der Waals surface area contributed by atoms with Crippen LogP contribution in [0.5, 0.6) is 0 Å². The average Bonchev–Trinajstić information content (AvgIpc) is 2.37. The van der Waals surface area contributed by atoms with Crippen molar-refractivity contribution < 1.29 is 0 Å². The minimum atomic E-state index is -0.162. The summed E-state index contributed by atoms with van der Waals surface area (Å²) in [5, 5.41) is 3.35. The Hall–Kier alpha value is -2.37. The summed E-state index contributed by atoms with van der Waals surface area (Å²) in [6.45, 7) is 5.58. The summed E-state index contributed by atoms with van der Waals surface area (Å²) < 4.78 is 0. The number of rotatable bonds is 4. The molecule has 0 spiro atoms. The van der Waals surface area contributed by atoms with E-state index in [1.54, 1.807) is 19.3 Å². The van der Waals surface area contributed by atoms with Crippen molar-refractivity contribution >= 4 is 11.4 Å². The Balaban J connectivity index is 2.35. The van der Waals surface area contributed by atoms with Gasteiger partial charge in [0.05, 0.1) is 34.9 Å². The van der Waals surface area contributed by atoms with Crippen LogP contribution in [0.3, 0.4) is 0 Å². The Kier molecular flexibility index (Phi) is 4.26. The zero-order chi connectivity index (χ0) is 15.6. The predicted molar refractivity (Wildman–Crippen MR) is 84.9 cm³/mol. The number of hydrogen-bond donors (Lipinski definition) is 2. The Morgan fingerprint density at radius 2 is 2.05 bits per heavy atom. The fourth-order valence-corrected chi connectivity index (χ4v) is 2.44. The third-order valence-corrected chi connectivity index (χ3v) is 3.35. The number of nitrogens with zero attached hydrogens (tertiary/aromatic N) is 3. The number of hydrogen-bond acceptors (Lipinski definition) is 5. The van der Waals surface area contributed by atoms with Crippen LogP contribution in [-0.2, 0) is 0 Å². The first kappa shape index (κ1) is 15.0. The molecule has 0 saturated carbocycles. The molecule has 0 fully saturated rings. The molecule has 1 atom stereocenters. The van der Waals surface area contributed by atoms with Gasteiger partial charge in [-0.05, 0) is 26.8 Å². The number of anilines is 2. The summed E-state index contributed by atoms with van der Waals surface area (Å²) in [4.78, 5) is 25.4. The third kappa shape index (κ3) is 3.21. The smallest absolute Gasteiger partial charge is 0.256 e. The van der Waals surface area contributed by atoms with E-state index in [1.165, 1.54) is 0 Å². The van der Waals surface area contributed by atoms with E-state index in [0.717, 1.165) is 17.1 Å². The lowest BCUT2D eigenvalue weighted by Gasteiger charge is -2.22. The lowest BCUT2D eigenvalue weighted by atomic mass is 10.1. The lowest BCUT2D eigenvalue weighted by Crippen LogP contribution is -2.24. The molecular weight excluding hydrogens is 266 g/mol. The van der Waals surface area contributed by atoms with Gasteiger partial charge in [-0.25, -0.2) is 4.98 Å². The molecule has 1 unspecified atom stereocenters. The average molecular weight is 287 g/mol. The molecule has 0 radical (unpaired) electrons. The first-order chi connectivity index (χ1) is 9.90. The Labute approximate surface area is 124 Å². The second kappa shape index (κ2) is 5.95. The van der Waals surface area contributed by atoms with E-state index in [-0.39, 0.29) is 11.6 Å². The van der Waals surface area contributed by atoms with Gasteiger partial charge in [0.1, 0.15) is 5.82 Å². The van der Waals surface area contributed by atoms with Crippen molar-refractivity contribution in [2.24, 2.45) is 0 Å². The fourth-order valence-electron chi connectivity index (χ4n) is 2.44. The number of H-pyrrole nitrogens is 1. The summed E-state index contributed by atoms with van der Waals surface area (Å²) in [5.74, 6) is 0.629. The Bertz CT molecular complexity index is 693. The van der Waals surface area contributed by atoms with Crippen LogP contribution >= 0.6 is 0 Å². The molecule has 21 heavy (non-hydrogen) atoms. The van der Waals surface area contributed by atoms with E-state index in [4.69, 9.17) is 0 Å². The van der Waals surface area contributed by atoms with Crippen molar-refractivity contribution in [3.8, 4) is 0 Å². The number of pyridine rings is 1. The van der Waals surface area contributed by atoms with Crippen molar-refractivity contribution in [3.05, 3.63) is 45.9 Å². The molecule has 112 valence electrons. The van der Waals surface area contributed by atoms with Gasteiger partial charge in [0.2, 0.25) is 0 Å². The summed E-state index contributed by atoms with van der Waals surface area (Å²) in [6, 6.07) is 1.77. The van der Waals surface area contributed by atoms with E-state index >= 15 is 0 Å². The largest absolute Gasteiger partial charge is 0.376 e. The molecule has 6 nitrogen and oxygen atoms in total. The third-order valence-electron chi connectivity index (χ3n) is 3.35. The van der Waals surface area contributed by atoms with Gasteiger partial charge >= 0.3 is 0 Å². The van der Waals surface area contributed by atoms with Crippen LogP contribution in [-0.4, -0.2) is 29.0 Å². The Morgan fingerprint density at radius 1 is 1.33 bits per heavy atom. The second-order valence-corrected chi connectivity index (χ2v) is 5.30. The molecule has 0 bridgehead atoms. The molecule has 0 aliphatic heterocycles. The van der Waals surface area contributed by atoms with Gasteiger partial charge < -0.3 is 15.2 Å². The highest BCUT2D eigenvalue weighted by Crippen LogP contribution is 2.26. The summed E-state index contributed by atoms with van der Waals surface area (Å²) >= 11 is 0. The van der Waals surface area contributed by atoms with E-state index in [1.807, 2.05) is 38.9 Å². The first-order valence-corrected chi connectivity index (χ1v) is 6.85. The van der Waals surface area contributed by atoms with Crippen LogP contribution in [0.4, 0.5) is 11.4 Å². The predicted octanol–water partition coefficient (Wildman–Crippen LogP) is 2.02. The quantitative estimate of drug-likeness (QED) is 0.900. The van der Waals surface area contributed by atoms with Gasteiger partial charge in [0, 0.05) is 20.3 Å². The van der Waals surface area contributed by atoms with Crippen LogP contribution in [0.15, 0.2) is 23.3 Å². The van der Waals surface area contributed by atoms with Crippen molar-refractivity contribution in [1.82, 2.24) is 15.0 Å². The highest BCUT2D eigenvalue weighted by molar-refractivity contribution is 5.68. The molecule has 2 aromatic heterocycles. The van der Waals surface area contributed by atoms with Gasteiger partial charge in [-0.3, -0.25) is 9.78 Å². The van der Waals surface area contributed by atoms with Crippen molar-refractivity contribution in [3.63, 3.8) is 0 Å². The van der Waals surface area contributed by atoms with Crippen LogP contribution in [0.2, 0.25) is 0 Å². The molecule has 0 aliphatic carbocycles. The fraction of sp³-hybridized carbons (Fsp3) is 0.400. The second-order valence-electron chi connectivity index (χ2n) is 5.30. The van der Waals surface area contributed by atoms with Gasteiger partial charge in [-0.2, -0.15) is 0 Å². The normalized spacial score (nSPS) is 12.0. The van der Waals surface area contributed by atoms with Crippen LogP contribution in [0.25, 0.3) is 0 Å². The molecule has 0 aliphatic rings. The molecule has 0 amide bonds. The maximum atomic E-state index is 12.1. The summed E-state index contributed by atoms with van der Waals surface area (Å²) in [7, 11) is 3.94. The van der Waals surface area contributed by atoms with Crippen molar-refractivity contribution in [1.29, 1.82) is 0 Å². The topological polar surface area (TPSA) is 73.9 Å². The van der Waals surface area contributed by atoms with Crippen LogP contribution in [0.1, 0.15) is 30.0 Å². The maximum Gasteiger partial charge on any atom is 0.256 e. The summed E-state index contributed by atoms with van der Waals surface area (Å²) in [5.41, 5.74) is 3.19. The van der Waals surface area contributed by atoms with Crippen LogP contribution in [0, 0.1) is 13.8 Å². The number of nitrogens with one attached hydrogen (secondary N) is 2. The van der Waals surface area contributed by atoms with Crippen molar-refractivity contribution in [2.75, 3.05) is 24.3 Å². The zero-order valence-corrected chi connectivity index (χ0v) is 13.1. The molecule has 6 heteroatoms. The SMILES string of the molecule is Cc1nc(C)c(C(C)Nc2cnccc2N(C)C)c(=O)[nH]1. The standard InChI is InChI=1S/C15H21N5O/c1-9-14(15(21)19-11(3)17-9)10(2)18-12-8-16-7-6-13(12)20(4)5/h6-8,10,18H,1-5H3,(H,17,19,21). The number of aryl methyl sites for hydroxylation is 2.